The quantitative estimate of drug-likeness (QED) is 0.799. The van der Waals surface area contributed by atoms with Crippen molar-refractivity contribution in [3.8, 4) is 5.75 Å². The molecule has 2 aliphatic carbocycles. The van der Waals surface area contributed by atoms with E-state index in [2.05, 4.69) is 6.07 Å². The number of nitrogens with two attached hydrogens (primary N) is 1. The third kappa shape index (κ3) is 1.29. The molecule has 2 unspecified atom stereocenters. The Bertz CT molecular complexity index is 397. The van der Waals surface area contributed by atoms with Gasteiger partial charge in [-0.1, -0.05) is 31.0 Å². The summed E-state index contributed by atoms with van der Waals surface area (Å²) in [5, 5.41) is 10.0. The van der Waals surface area contributed by atoms with Crippen molar-refractivity contribution >= 4 is 0 Å². The molecule has 2 nitrogen and oxygen atoms in total. The van der Waals surface area contributed by atoms with Crippen molar-refractivity contribution in [3.05, 3.63) is 29.8 Å². The van der Waals surface area contributed by atoms with Crippen LogP contribution in [0.25, 0.3) is 0 Å². The highest BCUT2D eigenvalue weighted by atomic mass is 16.3. The van der Waals surface area contributed by atoms with Gasteiger partial charge in [0.2, 0.25) is 0 Å². The summed E-state index contributed by atoms with van der Waals surface area (Å²) in [7, 11) is 0. The Labute approximate surface area is 96.5 Å². The van der Waals surface area contributed by atoms with Crippen LogP contribution in [0.5, 0.6) is 5.75 Å². The van der Waals surface area contributed by atoms with Gasteiger partial charge in [-0.05, 0) is 31.2 Å². The van der Waals surface area contributed by atoms with Gasteiger partial charge in [0.15, 0.2) is 0 Å². The normalized spacial score (nSPS) is 34.2. The summed E-state index contributed by atoms with van der Waals surface area (Å²) in [5.74, 6) is 1.12. The summed E-state index contributed by atoms with van der Waals surface area (Å²) in [5.41, 5.74) is 7.36. The smallest absolute Gasteiger partial charge is 0.119 e. The van der Waals surface area contributed by atoms with Gasteiger partial charge in [0.1, 0.15) is 5.75 Å². The maximum absolute atomic E-state index is 10.0. The van der Waals surface area contributed by atoms with Gasteiger partial charge in [-0.15, -0.1) is 0 Å². The van der Waals surface area contributed by atoms with Crippen molar-refractivity contribution in [2.45, 2.75) is 43.6 Å². The Balaban J connectivity index is 1.99. The van der Waals surface area contributed by atoms with Crippen LogP contribution in [0, 0.1) is 5.92 Å². The minimum Gasteiger partial charge on any atom is -0.508 e. The second-order valence-electron chi connectivity index (χ2n) is 5.35. The fraction of sp³-hybridized carbons (Fsp3) is 0.571. The first-order valence-corrected chi connectivity index (χ1v) is 6.29. The van der Waals surface area contributed by atoms with Gasteiger partial charge in [-0.25, -0.2) is 0 Å². The topological polar surface area (TPSA) is 46.2 Å². The van der Waals surface area contributed by atoms with Crippen molar-refractivity contribution in [3.63, 3.8) is 0 Å². The van der Waals surface area contributed by atoms with Crippen LogP contribution in [0.2, 0.25) is 0 Å². The predicted molar refractivity (Wildman–Crippen MR) is 64.3 cm³/mol. The van der Waals surface area contributed by atoms with Crippen molar-refractivity contribution in [1.29, 1.82) is 0 Å². The van der Waals surface area contributed by atoms with Crippen LogP contribution in [0.4, 0.5) is 0 Å². The molecule has 2 heteroatoms. The fourth-order valence-electron chi connectivity index (χ4n) is 3.61. The van der Waals surface area contributed by atoms with E-state index in [1.165, 1.54) is 25.7 Å². The van der Waals surface area contributed by atoms with E-state index < -0.39 is 0 Å². The van der Waals surface area contributed by atoms with E-state index in [1.54, 1.807) is 6.07 Å². The Morgan fingerprint density at radius 1 is 1.19 bits per heavy atom. The molecule has 0 amide bonds. The molecule has 0 bridgehead atoms. The molecular weight excluding hydrogens is 198 g/mol. The number of hydrogen-bond acceptors (Lipinski definition) is 2. The van der Waals surface area contributed by atoms with E-state index in [9.17, 15) is 5.11 Å². The summed E-state index contributed by atoms with van der Waals surface area (Å²) in [6.45, 7) is 0. The van der Waals surface area contributed by atoms with E-state index in [-0.39, 0.29) is 11.5 Å². The minimum atomic E-state index is 0.0991. The molecule has 2 saturated carbocycles. The third-order valence-corrected chi connectivity index (χ3v) is 4.55. The van der Waals surface area contributed by atoms with Crippen LogP contribution in [0.15, 0.2) is 24.3 Å². The van der Waals surface area contributed by atoms with Crippen molar-refractivity contribution < 1.29 is 5.11 Å². The highest BCUT2D eigenvalue weighted by Gasteiger charge is 2.59. The van der Waals surface area contributed by atoms with E-state index in [0.29, 0.717) is 11.7 Å². The maximum atomic E-state index is 10.0. The van der Waals surface area contributed by atoms with Gasteiger partial charge in [0.25, 0.3) is 0 Å². The molecule has 0 aliphatic heterocycles. The zero-order valence-electron chi connectivity index (χ0n) is 9.52. The lowest BCUT2D eigenvalue weighted by atomic mass is 9.80. The first kappa shape index (κ1) is 10.2. The average Bonchev–Trinajstić information content (AvgIpc) is 2.76. The zero-order valence-corrected chi connectivity index (χ0v) is 9.52. The molecule has 3 rings (SSSR count). The second kappa shape index (κ2) is 3.49. The van der Waals surface area contributed by atoms with Crippen LogP contribution in [0.1, 0.15) is 37.7 Å². The molecule has 2 fully saturated rings. The highest BCUT2D eigenvalue weighted by Crippen LogP contribution is 2.59. The molecule has 16 heavy (non-hydrogen) atoms. The minimum absolute atomic E-state index is 0.0991. The van der Waals surface area contributed by atoms with E-state index in [4.69, 9.17) is 5.73 Å². The monoisotopic (exact) mass is 217 g/mol. The summed E-state index contributed by atoms with van der Waals surface area (Å²) >= 11 is 0. The number of hydrogen-bond donors (Lipinski definition) is 2. The van der Waals surface area contributed by atoms with Gasteiger partial charge in [-0.3, -0.25) is 0 Å². The summed E-state index contributed by atoms with van der Waals surface area (Å²) in [4.78, 5) is 0. The van der Waals surface area contributed by atoms with Crippen LogP contribution in [-0.2, 0) is 5.41 Å². The molecule has 86 valence electrons. The third-order valence-electron chi connectivity index (χ3n) is 4.55. The molecule has 0 radical (unpaired) electrons. The number of phenolic OH excluding ortho intramolecular Hbond substituents is 1. The molecule has 0 saturated heterocycles. The van der Waals surface area contributed by atoms with E-state index in [1.807, 2.05) is 12.1 Å². The number of phenols is 1. The maximum Gasteiger partial charge on any atom is 0.119 e. The van der Waals surface area contributed by atoms with Crippen LogP contribution < -0.4 is 5.73 Å². The van der Waals surface area contributed by atoms with Crippen LogP contribution >= 0.6 is 0 Å². The largest absolute Gasteiger partial charge is 0.508 e. The molecule has 1 aromatic carbocycles. The van der Waals surface area contributed by atoms with Crippen molar-refractivity contribution in [1.82, 2.24) is 0 Å². The molecule has 0 aromatic heterocycles. The zero-order chi connectivity index (χ0) is 11.2. The number of benzene rings is 1. The van der Waals surface area contributed by atoms with Gasteiger partial charge in [0.05, 0.1) is 0 Å². The standard InChI is InChI=1S/C14H19NO/c15-13-9-14(13,10-5-1-2-6-10)11-7-3-4-8-12(11)16/h3-4,7-8,10,13,16H,1-2,5-6,9,15H2. The van der Waals surface area contributed by atoms with Crippen LogP contribution in [-0.4, -0.2) is 11.1 Å². The first-order chi connectivity index (χ1) is 7.75. The Morgan fingerprint density at radius 2 is 1.81 bits per heavy atom. The van der Waals surface area contributed by atoms with E-state index in [0.717, 1.165) is 12.0 Å². The van der Waals surface area contributed by atoms with Crippen molar-refractivity contribution in [2.75, 3.05) is 0 Å². The van der Waals surface area contributed by atoms with Gasteiger partial charge < -0.3 is 10.8 Å². The molecule has 3 N–H and O–H groups in total. The molecule has 1 aromatic rings. The Hall–Kier alpha value is -1.02. The molecular formula is C14H19NO. The van der Waals surface area contributed by atoms with Gasteiger partial charge in [-0.2, -0.15) is 0 Å². The summed E-state index contributed by atoms with van der Waals surface area (Å²) in [6, 6.07) is 7.99. The Morgan fingerprint density at radius 3 is 2.38 bits per heavy atom. The lowest BCUT2D eigenvalue weighted by molar-refractivity contribution is 0.381. The SMILES string of the molecule is NC1CC1(c1ccccc1O)C1CCCC1. The Kier molecular flexibility index (Phi) is 2.21. The summed E-state index contributed by atoms with van der Waals surface area (Å²) < 4.78 is 0. The van der Waals surface area contributed by atoms with Crippen molar-refractivity contribution in [2.24, 2.45) is 11.7 Å². The molecule has 0 spiro atoms. The van der Waals surface area contributed by atoms with Gasteiger partial charge in [0, 0.05) is 17.0 Å². The number of aromatic hydroxyl groups is 1. The lowest BCUT2D eigenvalue weighted by Crippen LogP contribution is -2.26. The highest BCUT2D eigenvalue weighted by molar-refractivity contribution is 5.46. The fourth-order valence-corrected chi connectivity index (χ4v) is 3.61. The first-order valence-electron chi connectivity index (χ1n) is 6.29. The summed E-state index contributed by atoms with van der Waals surface area (Å²) in [6.07, 6.45) is 6.26. The molecule has 0 heterocycles. The van der Waals surface area contributed by atoms with E-state index >= 15 is 0 Å². The van der Waals surface area contributed by atoms with Crippen LogP contribution in [0.3, 0.4) is 0 Å². The number of para-hydroxylation sites is 1. The molecule has 2 atom stereocenters. The second-order valence-corrected chi connectivity index (χ2v) is 5.35. The van der Waals surface area contributed by atoms with Gasteiger partial charge >= 0.3 is 0 Å². The average molecular weight is 217 g/mol. The predicted octanol–water partition coefficient (Wildman–Crippen LogP) is 2.55. The number of rotatable bonds is 2. The molecule has 2 aliphatic rings. The lowest BCUT2D eigenvalue weighted by Gasteiger charge is -2.25.